The molecule has 2 fully saturated rings. The number of amides is 1. The minimum atomic E-state index is -0.425. The van der Waals surface area contributed by atoms with Crippen LogP contribution in [0.15, 0.2) is 0 Å². The summed E-state index contributed by atoms with van der Waals surface area (Å²) in [6.07, 6.45) is 4.68. The molecule has 1 aliphatic heterocycles. The first kappa shape index (κ1) is 14.8. The van der Waals surface area contributed by atoms with Crippen LogP contribution in [0.2, 0.25) is 0 Å². The summed E-state index contributed by atoms with van der Waals surface area (Å²) < 4.78 is 0. The molecule has 3 atom stereocenters. The Morgan fingerprint density at radius 2 is 2.00 bits per heavy atom. The topological polar surface area (TPSA) is 52.6 Å². The first-order chi connectivity index (χ1) is 9.08. The molecule has 2 aliphatic rings. The summed E-state index contributed by atoms with van der Waals surface area (Å²) >= 11 is 0. The Bertz CT molecular complexity index is 301. The SMILES string of the molecule is CC1CCN(C(C)CNC(=O)C2CCCC2O)CC1. The number of hydrogen-bond acceptors (Lipinski definition) is 3. The van der Waals surface area contributed by atoms with Gasteiger partial charge in [0.05, 0.1) is 12.0 Å². The molecular formula is C15H28N2O2. The Hall–Kier alpha value is -0.610. The molecule has 1 saturated heterocycles. The third-order valence-corrected chi connectivity index (χ3v) is 4.83. The highest BCUT2D eigenvalue weighted by molar-refractivity contribution is 5.79. The maximum absolute atomic E-state index is 12.0. The molecule has 0 aromatic heterocycles. The van der Waals surface area contributed by atoms with E-state index in [-0.39, 0.29) is 11.8 Å². The number of rotatable bonds is 4. The van der Waals surface area contributed by atoms with Crippen LogP contribution in [0.1, 0.15) is 46.0 Å². The maximum Gasteiger partial charge on any atom is 0.225 e. The van der Waals surface area contributed by atoms with Crippen molar-refractivity contribution in [3.63, 3.8) is 0 Å². The van der Waals surface area contributed by atoms with Gasteiger partial charge in [-0.2, -0.15) is 0 Å². The third kappa shape index (κ3) is 3.93. The smallest absolute Gasteiger partial charge is 0.225 e. The van der Waals surface area contributed by atoms with E-state index in [0.29, 0.717) is 12.6 Å². The highest BCUT2D eigenvalue weighted by Crippen LogP contribution is 2.25. The molecule has 0 aromatic rings. The molecule has 0 bridgehead atoms. The van der Waals surface area contributed by atoms with E-state index in [1.807, 2.05) is 0 Å². The van der Waals surface area contributed by atoms with Crippen LogP contribution in [0.3, 0.4) is 0 Å². The Kier molecular flexibility index (Phi) is 5.22. The molecule has 0 spiro atoms. The number of likely N-dealkylation sites (tertiary alicyclic amines) is 1. The fraction of sp³-hybridized carbons (Fsp3) is 0.933. The number of nitrogens with one attached hydrogen (secondary N) is 1. The van der Waals surface area contributed by atoms with Crippen LogP contribution in [-0.2, 0) is 4.79 Å². The van der Waals surface area contributed by atoms with Crippen molar-refractivity contribution >= 4 is 5.91 Å². The number of aliphatic hydroxyl groups excluding tert-OH is 1. The average Bonchev–Trinajstić information content (AvgIpc) is 2.83. The second-order valence-electron chi connectivity index (χ2n) is 6.42. The molecule has 3 unspecified atom stereocenters. The first-order valence-corrected chi connectivity index (χ1v) is 7.77. The van der Waals surface area contributed by atoms with Crippen LogP contribution in [0.4, 0.5) is 0 Å². The number of hydrogen-bond donors (Lipinski definition) is 2. The molecule has 4 nitrogen and oxygen atoms in total. The van der Waals surface area contributed by atoms with Crippen LogP contribution in [0.5, 0.6) is 0 Å². The summed E-state index contributed by atoms with van der Waals surface area (Å²) in [5, 5.41) is 12.8. The van der Waals surface area contributed by atoms with Gasteiger partial charge in [-0.05, 0) is 58.0 Å². The van der Waals surface area contributed by atoms with Gasteiger partial charge in [0, 0.05) is 12.6 Å². The van der Waals surface area contributed by atoms with Crippen molar-refractivity contribution in [3.05, 3.63) is 0 Å². The second kappa shape index (κ2) is 6.71. The lowest BCUT2D eigenvalue weighted by Gasteiger charge is -2.35. The van der Waals surface area contributed by atoms with E-state index in [4.69, 9.17) is 0 Å². The summed E-state index contributed by atoms with van der Waals surface area (Å²) in [6.45, 7) is 7.48. The molecular weight excluding hydrogens is 240 g/mol. The highest BCUT2D eigenvalue weighted by Gasteiger charge is 2.31. The number of aliphatic hydroxyl groups is 1. The van der Waals surface area contributed by atoms with Crippen molar-refractivity contribution in [2.45, 2.75) is 58.1 Å². The summed E-state index contributed by atoms with van der Waals surface area (Å²) in [4.78, 5) is 14.5. The quantitative estimate of drug-likeness (QED) is 0.810. The standard InChI is InChI=1S/C15H28N2O2/c1-11-6-8-17(9-7-11)12(2)10-16-15(19)13-4-3-5-14(13)18/h11-14,18H,3-10H2,1-2H3,(H,16,19). The number of carbonyl (C=O) groups is 1. The minimum absolute atomic E-state index is 0.0437. The zero-order valence-electron chi connectivity index (χ0n) is 12.3. The fourth-order valence-corrected chi connectivity index (χ4v) is 3.22. The van der Waals surface area contributed by atoms with E-state index in [1.54, 1.807) is 0 Å². The van der Waals surface area contributed by atoms with E-state index in [9.17, 15) is 9.90 Å². The van der Waals surface area contributed by atoms with Crippen molar-refractivity contribution < 1.29 is 9.90 Å². The molecule has 0 radical (unpaired) electrons. The molecule has 0 aromatic carbocycles. The Morgan fingerprint density at radius 1 is 1.32 bits per heavy atom. The second-order valence-corrected chi connectivity index (χ2v) is 6.42. The normalized spacial score (nSPS) is 31.3. The van der Waals surface area contributed by atoms with E-state index in [1.165, 1.54) is 12.8 Å². The van der Waals surface area contributed by atoms with Crippen LogP contribution in [-0.4, -0.2) is 47.7 Å². The van der Waals surface area contributed by atoms with Gasteiger partial charge in [0.15, 0.2) is 0 Å². The molecule has 1 heterocycles. The van der Waals surface area contributed by atoms with E-state index in [0.717, 1.165) is 38.3 Å². The highest BCUT2D eigenvalue weighted by atomic mass is 16.3. The molecule has 2 N–H and O–H groups in total. The van der Waals surface area contributed by atoms with Gasteiger partial charge in [-0.1, -0.05) is 6.92 Å². The van der Waals surface area contributed by atoms with Gasteiger partial charge < -0.3 is 10.4 Å². The van der Waals surface area contributed by atoms with Crippen molar-refractivity contribution in [3.8, 4) is 0 Å². The molecule has 1 saturated carbocycles. The number of carbonyl (C=O) groups excluding carboxylic acids is 1. The van der Waals surface area contributed by atoms with Gasteiger partial charge in [0.25, 0.3) is 0 Å². The monoisotopic (exact) mass is 268 g/mol. The zero-order valence-corrected chi connectivity index (χ0v) is 12.3. The van der Waals surface area contributed by atoms with Crippen molar-refractivity contribution in [2.75, 3.05) is 19.6 Å². The number of nitrogens with zero attached hydrogens (tertiary/aromatic N) is 1. The molecule has 1 aliphatic carbocycles. The van der Waals surface area contributed by atoms with Crippen LogP contribution in [0.25, 0.3) is 0 Å². The maximum atomic E-state index is 12.0. The molecule has 19 heavy (non-hydrogen) atoms. The largest absolute Gasteiger partial charge is 0.392 e. The lowest BCUT2D eigenvalue weighted by Crippen LogP contribution is -2.47. The summed E-state index contributed by atoms with van der Waals surface area (Å²) in [5.74, 6) is 0.711. The number of piperidine rings is 1. The predicted molar refractivity (Wildman–Crippen MR) is 75.8 cm³/mol. The van der Waals surface area contributed by atoms with Gasteiger partial charge in [-0.25, -0.2) is 0 Å². The minimum Gasteiger partial charge on any atom is -0.392 e. The van der Waals surface area contributed by atoms with Crippen molar-refractivity contribution in [1.29, 1.82) is 0 Å². The van der Waals surface area contributed by atoms with Crippen LogP contribution < -0.4 is 5.32 Å². The lowest BCUT2D eigenvalue weighted by molar-refractivity contribution is -0.127. The fourth-order valence-electron chi connectivity index (χ4n) is 3.22. The average molecular weight is 268 g/mol. The summed E-state index contributed by atoms with van der Waals surface area (Å²) in [5.41, 5.74) is 0. The van der Waals surface area contributed by atoms with Gasteiger partial charge >= 0.3 is 0 Å². The Balaban J connectivity index is 1.71. The van der Waals surface area contributed by atoms with Crippen LogP contribution in [0, 0.1) is 11.8 Å². The van der Waals surface area contributed by atoms with Crippen molar-refractivity contribution in [1.82, 2.24) is 10.2 Å². The van der Waals surface area contributed by atoms with Gasteiger partial charge in [0.2, 0.25) is 5.91 Å². The molecule has 110 valence electrons. The molecule has 4 heteroatoms. The van der Waals surface area contributed by atoms with Gasteiger partial charge in [-0.15, -0.1) is 0 Å². The lowest BCUT2D eigenvalue weighted by atomic mass is 9.98. The van der Waals surface area contributed by atoms with Crippen molar-refractivity contribution in [2.24, 2.45) is 11.8 Å². The molecule has 1 amide bonds. The Morgan fingerprint density at radius 3 is 2.58 bits per heavy atom. The van der Waals surface area contributed by atoms with Gasteiger partial charge in [-0.3, -0.25) is 9.69 Å². The van der Waals surface area contributed by atoms with Gasteiger partial charge in [0.1, 0.15) is 0 Å². The van der Waals surface area contributed by atoms with E-state index in [2.05, 4.69) is 24.1 Å². The van der Waals surface area contributed by atoms with E-state index < -0.39 is 6.10 Å². The Labute approximate surface area is 116 Å². The van der Waals surface area contributed by atoms with Crippen LogP contribution >= 0.6 is 0 Å². The third-order valence-electron chi connectivity index (χ3n) is 4.83. The summed E-state index contributed by atoms with van der Waals surface area (Å²) in [6, 6.07) is 0.398. The molecule has 2 rings (SSSR count). The first-order valence-electron chi connectivity index (χ1n) is 7.77. The summed E-state index contributed by atoms with van der Waals surface area (Å²) in [7, 11) is 0. The van der Waals surface area contributed by atoms with E-state index >= 15 is 0 Å². The predicted octanol–water partition coefficient (Wildman–Crippen LogP) is 1.38. The zero-order chi connectivity index (χ0) is 13.8.